The first-order valence-electron chi connectivity index (χ1n) is 7.09. The molecule has 0 aromatic carbocycles. The first-order valence-corrected chi connectivity index (χ1v) is 7.09. The molecule has 1 saturated heterocycles. The van der Waals surface area contributed by atoms with Crippen molar-refractivity contribution >= 4 is 5.69 Å². The van der Waals surface area contributed by atoms with Gasteiger partial charge in [-0.2, -0.15) is 0 Å². The second-order valence-electron chi connectivity index (χ2n) is 6.37. The van der Waals surface area contributed by atoms with Gasteiger partial charge in [0.15, 0.2) is 0 Å². The largest absolute Gasteiger partial charge is 0.368 e. The molecule has 0 unspecified atom stereocenters. The third-order valence-electron chi connectivity index (χ3n) is 3.83. The summed E-state index contributed by atoms with van der Waals surface area (Å²) < 4.78 is 0. The maximum Gasteiger partial charge on any atom is 0.0569 e. The second-order valence-corrected chi connectivity index (χ2v) is 6.37. The van der Waals surface area contributed by atoms with Crippen molar-refractivity contribution in [3.8, 4) is 0 Å². The number of nitrogens with two attached hydrogens (primary N) is 1. The Bertz CT molecular complexity index is 397. The molecule has 2 heterocycles. The quantitative estimate of drug-likeness (QED) is 0.885. The van der Waals surface area contributed by atoms with E-state index in [2.05, 4.69) is 41.6 Å². The van der Waals surface area contributed by atoms with Crippen LogP contribution in [-0.2, 0) is 0 Å². The number of anilines is 1. The van der Waals surface area contributed by atoms with E-state index in [1.807, 2.05) is 19.2 Å². The standard InChI is InChI=1S/C15H26N4/c1-12(16)14-6-5-13(11-17-14)18-7-9-19(10-8-18)15(2,3)4/h5-6,11-12H,7-10,16H2,1-4H3/t12-/m1/s1. The summed E-state index contributed by atoms with van der Waals surface area (Å²) in [6.07, 6.45) is 1.95. The summed E-state index contributed by atoms with van der Waals surface area (Å²) in [5, 5.41) is 0. The van der Waals surface area contributed by atoms with Gasteiger partial charge in [-0.15, -0.1) is 0 Å². The van der Waals surface area contributed by atoms with Crippen LogP contribution in [0.5, 0.6) is 0 Å². The summed E-state index contributed by atoms with van der Waals surface area (Å²) >= 11 is 0. The lowest BCUT2D eigenvalue weighted by atomic mass is 10.0. The molecule has 1 atom stereocenters. The second kappa shape index (κ2) is 5.47. The molecule has 1 aliphatic rings. The van der Waals surface area contributed by atoms with Gasteiger partial charge in [0.1, 0.15) is 0 Å². The first kappa shape index (κ1) is 14.3. The summed E-state index contributed by atoms with van der Waals surface area (Å²) in [5.41, 5.74) is 8.25. The van der Waals surface area contributed by atoms with Gasteiger partial charge in [-0.3, -0.25) is 9.88 Å². The van der Waals surface area contributed by atoms with Crippen LogP contribution in [-0.4, -0.2) is 41.6 Å². The summed E-state index contributed by atoms with van der Waals surface area (Å²) in [6, 6.07) is 4.18. The lowest BCUT2D eigenvalue weighted by molar-refractivity contribution is 0.128. The zero-order chi connectivity index (χ0) is 14.0. The number of aromatic nitrogens is 1. The normalized spacial score (nSPS) is 19.5. The van der Waals surface area contributed by atoms with Crippen molar-refractivity contribution in [1.29, 1.82) is 0 Å². The molecular formula is C15H26N4. The number of hydrogen-bond donors (Lipinski definition) is 1. The number of pyridine rings is 1. The van der Waals surface area contributed by atoms with Gasteiger partial charge in [0, 0.05) is 37.8 Å². The zero-order valence-corrected chi connectivity index (χ0v) is 12.6. The van der Waals surface area contributed by atoms with E-state index in [9.17, 15) is 0 Å². The molecule has 4 nitrogen and oxygen atoms in total. The van der Waals surface area contributed by atoms with Crippen LogP contribution >= 0.6 is 0 Å². The Balaban J connectivity index is 1.98. The van der Waals surface area contributed by atoms with E-state index >= 15 is 0 Å². The molecule has 0 radical (unpaired) electrons. The average Bonchev–Trinajstić information content (AvgIpc) is 2.38. The van der Waals surface area contributed by atoms with E-state index in [1.165, 1.54) is 5.69 Å². The number of nitrogens with zero attached hydrogens (tertiary/aromatic N) is 3. The molecule has 2 rings (SSSR count). The highest BCUT2D eigenvalue weighted by Crippen LogP contribution is 2.20. The van der Waals surface area contributed by atoms with Crippen molar-refractivity contribution in [3.63, 3.8) is 0 Å². The molecule has 1 fully saturated rings. The fourth-order valence-corrected chi connectivity index (χ4v) is 2.49. The maximum absolute atomic E-state index is 5.83. The highest BCUT2D eigenvalue weighted by molar-refractivity contribution is 5.45. The fourth-order valence-electron chi connectivity index (χ4n) is 2.49. The van der Waals surface area contributed by atoms with Crippen LogP contribution in [0.4, 0.5) is 5.69 Å². The minimum Gasteiger partial charge on any atom is -0.368 e. The average molecular weight is 262 g/mol. The predicted molar refractivity (Wildman–Crippen MR) is 80.4 cm³/mol. The van der Waals surface area contributed by atoms with Crippen molar-refractivity contribution in [1.82, 2.24) is 9.88 Å². The molecule has 2 N–H and O–H groups in total. The van der Waals surface area contributed by atoms with Gasteiger partial charge in [-0.1, -0.05) is 0 Å². The lowest BCUT2D eigenvalue weighted by Gasteiger charge is -2.43. The van der Waals surface area contributed by atoms with E-state index in [0.29, 0.717) is 0 Å². The highest BCUT2D eigenvalue weighted by Gasteiger charge is 2.25. The lowest BCUT2D eigenvalue weighted by Crippen LogP contribution is -2.53. The molecule has 0 bridgehead atoms. The molecule has 0 amide bonds. The Hall–Kier alpha value is -1.13. The van der Waals surface area contributed by atoms with Crippen LogP contribution in [0.2, 0.25) is 0 Å². The highest BCUT2D eigenvalue weighted by atomic mass is 15.3. The third kappa shape index (κ3) is 3.45. The van der Waals surface area contributed by atoms with Crippen molar-refractivity contribution in [2.24, 2.45) is 5.73 Å². The van der Waals surface area contributed by atoms with E-state index in [0.717, 1.165) is 31.9 Å². The summed E-state index contributed by atoms with van der Waals surface area (Å²) in [4.78, 5) is 9.38. The topological polar surface area (TPSA) is 45.4 Å². The van der Waals surface area contributed by atoms with Crippen LogP contribution in [0.25, 0.3) is 0 Å². The maximum atomic E-state index is 5.83. The Labute approximate surface area is 116 Å². The Morgan fingerprint density at radius 2 is 1.79 bits per heavy atom. The predicted octanol–water partition coefficient (Wildman–Crippen LogP) is 2.02. The van der Waals surface area contributed by atoms with Crippen LogP contribution < -0.4 is 10.6 Å². The summed E-state index contributed by atoms with van der Waals surface area (Å²) in [5.74, 6) is 0. The Kier molecular flexibility index (Phi) is 4.11. The van der Waals surface area contributed by atoms with Gasteiger partial charge in [-0.25, -0.2) is 0 Å². The monoisotopic (exact) mass is 262 g/mol. The molecule has 1 aliphatic heterocycles. The number of rotatable bonds is 2. The summed E-state index contributed by atoms with van der Waals surface area (Å²) in [6.45, 7) is 13.2. The Morgan fingerprint density at radius 3 is 2.21 bits per heavy atom. The smallest absolute Gasteiger partial charge is 0.0569 e. The van der Waals surface area contributed by atoms with Gasteiger partial charge >= 0.3 is 0 Å². The molecule has 1 aromatic rings. The van der Waals surface area contributed by atoms with Crippen LogP contribution in [0.3, 0.4) is 0 Å². The van der Waals surface area contributed by atoms with Gasteiger partial charge in [0.25, 0.3) is 0 Å². The molecule has 4 heteroatoms. The minimum atomic E-state index is 0.00629. The van der Waals surface area contributed by atoms with E-state index in [1.54, 1.807) is 0 Å². The SMILES string of the molecule is C[C@@H](N)c1ccc(N2CCN(C(C)(C)C)CC2)cn1. The van der Waals surface area contributed by atoms with Crippen molar-refractivity contribution < 1.29 is 0 Å². The van der Waals surface area contributed by atoms with E-state index < -0.39 is 0 Å². The van der Waals surface area contributed by atoms with Gasteiger partial charge in [0.2, 0.25) is 0 Å². The molecular weight excluding hydrogens is 236 g/mol. The fraction of sp³-hybridized carbons (Fsp3) is 0.667. The van der Waals surface area contributed by atoms with Crippen LogP contribution in [0.1, 0.15) is 39.4 Å². The van der Waals surface area contributed by atoms with Gasteiger partial charge < -0.3 is 10.6 Å². The van der Waals surface area contributed by atoms with Crippen LogP contribution in [0.15, 0.2) is 18.3 Å². The molecule has 0 aliphatic carbocycles. The minimum absolute atomic E-state index is 0.00629. The van der Waals surface area contributed by atoms with Crippen molar-refractivity contribution in [2.45, 2.75) is 39.3 Å². The van der Waals surface area contributed by atoms with Gasteiger partial charge in [-0.05, 0) is 39.8 Å². The van der Waals surface area contributed by atoms with Crippen molar-refractivity contribution in [3.05, 3.63) is 24.0 Å². The van der Waals surface area contributed by atoms with E-state index in [-0.39, 0.29) is 11.6 Å². The molecule has 0 saturated carbocycles. The van der Waals surface area contributed by atoms with Gasteiger partial charge in [0.05, 0.1) is 17.6 Å². The Morgan fingerprint density at radius 1 is 1.16 bits per heavy atom. The third-order valence-corrected chi connectivity index (χ3v) is 3.83. The number of hydrogen-bond acceptors (Lipinski definition) is 4. The zero-order valence-electron chi connectivity index (χ0n) is 12.6. The van der Waals surface area contributed by atoms with Crippen LogP contribution in [0, 0.1) is 0 Å². The molecule has 0 spiro atoms. The molecule has 19 heavy (non-hydrogen) atoms. The van der Waals surface area contributed by atoms with E-state index in [4.69, 9.17) is 5.73 Å². The number of piperazine rings is 1. The molecule has 106 valence electrons. The first-order chi connectivity index (χ1) is 8.88. The van der Waals surface area contributed by atoms with Crippen molar-refractivity contribution in [2.75, 3.05) is 31.1 Å². The molecule has 1 aromatic heterocycles. The summed E-state index contributed by atoms with van der Waals surface area (Å²) in [7, 11) is 0.